The second kappa shape index (κ2) is 8.14. The molecule has 1 aromatic carbocycles. The maximum absolute atomic E-state index is 12.7. The van der Waals surface area contributed by atoms with E-state index in [1.165, 1.54) is 12.8 Å². The van der Waals surface area contributed by atoms with Gasteiger partial charge in [-0.1, -0.05) is 11.6 Å². The lowest BCUT2D eigenvalue weighted by Crippen LogP contribution is -2.48. The van der Waals surface area contributed by atoms with Crippen LogP contribution >= 0.6 is 11.6 Å². The van der Waals surface area contributed by atoms with Crippen LogP contribution in [0.25, 0.3) is 0 Å². The summed E-state index contributed by atoms with van der Waals surface area (Å²) in [5, 5.41) is 3.66. The Labute approximate surface area is 159 Å². The molecule has 1 saturated heterocycles. The van der Waals surface area contributed by atoms with Gasteiger partial charge in [-0.05, 0) is 76.2 Å². The summed E-state index contributed by atoms with van der Waals surface area (Å²) in [7, 11) is 0. The van der Waals surface area contributed by atoms with Crippen molar-refractivity contribution in [2.24, 2.45) is 0 Å². The summed E-state index contributed by atoms with van der Waals surface area (Å²) in [5.74, 6) is 1.32. The second-order valence-electron chi connectivity index (χ2n) is 7.05. The lowest BCUT2D eigenvalue weighted by atomic mass is 10.1. The zero-order chi connectivity index (χ0) is 18.6. The number of nitrogens with one attached hydrogen (secondary N) is 1. The van der Waals surface area contributed by atoms with E-state index in [-0.39, 0.29) is 11.9 Å². The molecule has 1 aromatic heterocycles. The first-order valence-electron chi connectivity index (χ1n) is 8.96. The summed E-state index contributed by atoms with van der Waals surface area (Å²) in [6, 6.07) is 10.9. The maximum atomic E-state index is 12.7. The Kier molecular flexibility index (Phi) is 5.89. The minimum absolute atomic E-state index is 0.0442. The van der Waals surface area contributed by atoms with Crippen molar-refractivity contribution >= 4 is 17.5 Å². The van der Waals surface area contributed by atoms with Gasteiger partial charge in [0.25, 0.3) is 5.91 Å². The third-order valence-electron chi connectivity index (χ3n) is 4.64. The van der Waals surface area contributed by atoms with Crippen LogP contribution in [0.1, 0.15) is 38.5 Å². The van der Waals surface area contributed by atoms with E-state index in [2.05, 4.69) is 10.2 Å². The summed E-state index contributed by atoms with van der Waals surface area (Å²) in [5.41, 5.74) is -0.993. The van der Waals surface area contributed by atoms with E-state index in [1.807, 2.05) is 12.1 Å². The zero-order valence-corrected chi connectivity index (χ0v) is 16.0. The lowest BCUT2D eigenvalue weighted by molar-refractivity contribution is -0.134. The molecule has 0 unspecified atom stereocenters. The molecular weight excluding hydrogens is 352 g/mol. The van der Waals surface area contributed by atoms with Crippen LogP contribution in [0, 0.1) is 0 Å². The molecule has 2 heterocycles. The Morgan fingerprint density at radius 2 is 1.96 bits per heavy atom. The molecule has 6 heteroatoms. The van der Waals surface area contributed by atoms with Gasteiger partial charge in [0.15, 0.2) is 5.60 Å². The average molecular weight is 377 g/mol. The first kappa shape index (κ1) is 18.8. The summed E-state index contributed by atoms with van der Waals surface area (Å²) < 4.78 is 11.5. The summed E-state index contributed by atoms with van der Waals surface area (Å²) in [6.45, 7) is 6.04. The first-order valence-corrected chi connectivity index (χ1v) is 9.34. The largest absolute Gasteiger partial charge is 0.478 e. The monoisotopic (exact) mass is 376 g/mol. The number of amides is 1. The molecule has 1 atom stereocenters. The molecule has 0 aliphatic carbocycles. The molecule has 140 valence electrons. The molecule has 1 aliphatic rings. The fourth-order valence-corrected chi connectivity index (χ4v) is 3.32. The zero-order valence-electron chi connectivity index (χ0n) is 15.2. The Hall–Kier alpha value is -1.98. The van der Waals surface area contributed by atoms with E-state index in [9.17, 15) is 4.79 Å². The van der Waals surface area contributed by atoms with Gasteiger partial charge in [-0.2, -0.15) is 0 Å². The van der Waals surface area contributed by atoms with Crippen LogP contribution in [0.2, 0.25) is 5.02 Å². The molecule has 1 amide bonds. The lowest BCUT2D eigenvalue weighted by Gasteiger charge is -2.29. The summed E-state index contributed by atoms with van der Waals surface area (Å²) >= 11 is 5.89. The Bertz CT molecular complexity index is 707. The van der Waals surface area contributed by atoms with Gasteiger partial charge in [0.05, 0.1) is 12.3 Å². The van der Waals surface area contributed by atoms with Crippen molar-refractivity contribution < 1.29 is 13.9 Å². The fourth-order valence-electron chi connectivity index (χ4n) is 3.19. The van der Waals surface area contributed by atoms with Crippen molar-refractivity contribution in [2.45, 2.75) is 38.3 Å². The van der Waals surface area contributed by atoms with E-state index in [1.54, 1.807) is 44.4 Å². The molecule has 0 radical (unpaired) electrons. The van der Waals surface area contributed by atoms with Crippen LogP contribution < -0.4 is 10.1 Å². The van der Waals surface area contributed by atoms with Gasteiger partial charge in [-0.3, -0.25) is 9.69 Å². The molecule has 1 N–H and O–H groups in total. The molecule has 26 heavy (non-hydrogen) atoms. The van der Waals surface area contributed by atoms with Gasteiger partial charge in [0.2, 0.25) is 0 Å². The molecule has 2 aromatic rings. The minimum atomic E-state index is -0.993. The normalized spacial score (nSPS) is 16.4. The molecule has 0 saturated carbocycles. The molecule has 3 rings (SSSR count). The van der Waals surface area contributed by atoms with Crippen molar-refractivity contribution in [1.82, 2.24) is 10.2 Å². The van der Waals surface area contributed by atoms with Crippen molar-refractivity contribution in [3.05, 3.63) is 53.4 Å². The van der Waals surface area contributed by atoms with Crippen molar-refractivity contribution in [3.8, 4) is 5.75 Å². The molecule has 1 aliphatic heterocycles. The Morgan fingerprint density at radius 1 is 1.27 bits per heavy atom. The fraction of sp³-hybridized carbons (Fsp3) is 0.450. The van der Waals surface area contributed by atoms with Crippen LogP contribution in [0.3, 0.4) is 0 Å². The SMILES string of the molecule is CC(C)(Oc1ccc(Cl)cc1)C(=O)NC[C@@H](c1ccco1)N1CCCC1. The first-order chi connectivity index (χ1) is 12.5. The maximum Gasteiger partial charge on any atom is 0.263 e. The summed E-state index contributed by atoms with van der Waals surface area (Å²) in [4.78, 5) is 15.1. The van der Waals surface area contributed by atoms with Gasteiger partial charge in [-0.25, -0.2) is 0 Å². The van der Waals surface area contributed by atoms with Crippen LogP contribution in [-0.2, 0) is 4.79 Å². The van der Waals surface area contributed by atoms with E-state index in [4.69, 9.17) is 20.8 Å². The number of halogens is 1. The van der Waals surface area contributed by atoms with E-state index in [0.29, 0.717) is 17.3 Å². The number of rotatable bonds is 7. The van der Waals surface area contributed by atoms with Crippen LogP contribution in [0.4, 0.5) is 0 Å². The number of likely N-dealkylation sites (tertiary alicyclic amines) is 1. The summed E-state index contributed by atoms with van der Waals surface area (Å²) in [6.07, 6.45) is 4.03. The Balaban J connectivity index is 1.62. The van der Waals surface area contributed by atoms with Crippen LogP contribution in [0.15, 0.2) is 47.1 Å². The number of furan rings is 1. The third-order valence-corrected chi connectivity index (χ3v) is 4.89. The number of hydrogen-bond donors (Lipinski definition) is 1. The third kappa shape index (κ3) is 4.59. The number of carbonyl (C=O) groups is 1. The predicted octanol–water partition coefficient (Wildman–Crippen LogP) is 4.04. The van der Waals surface area contributed by atoms with Gasteiger partial charge < -0.3 is 14.5 Å². The van der Waals surface area contributed by atoms with E-state index < -0.39 is 5.60 Å². The van der Waals surface area contributed by atoms with Crippen molar-refractivity contribution in [2.75, 3.05) is 19.6 Å². The second-order valence-corrected chi connectivity index (χ2v) is 7.49. The van der Waals surface area contributed by atoms with E-state index >= 15 is 0 Å². The van der Waals surface area contributed by atoms with Crippen molar-refractivity contribution in [1.29, 1.82) is 0 Å². The van der Waals surface area contributed by atoms with Gasteiger partial charge in [-0.15, -0.1) is 0 Å². The highest BCUT2D eigenvalue weighted by Gasteiger charge is 2.32. The highest BCUT2D eigenvalue weighted by atomic mass is 35.5. The quantitative estimate of drug-likeness (QED) is 0.792. The van der Waals surface area contributed by atoms with E-state index in [0.717, 1.165) is 18.8 Å². The standard InChI is InChI=1S/C20H25ClN2O3/c1-20(2,26-16-9-7-15(21)8-10-16)19(24)22-14-17(18-6-5-13-25-18)23-11-3-4-12-23/h5-10,13,17H,3-4,11-12,14H2,1-2H3,(H,22,24)/t17-/m0/s1. The molecule has 0 bridgehead atoms. The number of carbonyl (C=O) groups excluding carboxylic acids is 1. The average Bonchev–Trinajstić information content (AvgIpc) is 3.31. The van der Waals surface area contributed by atoms with Gasteiger partial charge in [0, 0.05) is 11.6 Å². The molecule has 5 nitrogen and oxygen atoms in total. The Morgan fingerprint density at radius 3 is 2.58 bits per heavy atom. The molecule has 1 fully saturated rings. The smallest absolute Gasteiger partial charge is 0.263 e. The molecule has 0 spiro atoms. The van der Waals surface area contributed by atoms with Crippen LogP contribution in [-0.4, -0.2) is 36.0 Å². The molecular formula is C20H25ClN2O3. The van der Waals surface area contributed by atoms with Crippen molar-refractivity contribution in [3.63, 3.8) is 0 Å². The minimum Gasteiger partial charge on any atom is -0.478 e. The van der Waals surface area contributed by atoms with Crippen LogP contribution in [0.5, 0.6) is 5.75 Å². The highest BCUT2D eigenvalue weighted by Crippen LogP contribution is 2.26. The number of ether oxygens (including phenoxy) is 1. The van der Waals surface area contributed by atoms with Gasteiger partial charge in [0.1, 0.15) is 11.5 Å². The number of benzene rings is 1. The highest BCUT2D eigenvalue weighted by molar-refractivity contribution is 6.30. The predicted molar refractivity (Wildman–Crippen MR) is 101 cm³/mol. The topological polar surface area (TPSA) is 54.7 Å². The number of hydrogen-bond acceptors (Lipinski definition) is 4. The van der Waals surface area contributed by atoms with Gasteiger partial charge >= 0.3 is 0 Å². The number of nitrogens with zero attached hydrogens (tertiary/aromatic N) is 1.